The maximum atomic E-state index is 13.0. The number of hydrogen-bond acceptors (Lipinski definition) is 11. The van der Waals surface area contributed by atoms with Crippen LogP contribution in [0.1, 0.15) is 23.5 Å². The van der Waals surface area contributed by atoms with Crippen molar-refractivity contribution < 1.29 is 46.7 Å². The molecule has 0 bridgehead atoms. The number of ether oxygens (including phenoxy) is 3. The van der Waals surface area contributed by atoms with E-state index in [-0.39, 0.29) is 21.8 Å². The smallest absolute Gasteiger partial charge is 0.459 e. The molecule has 1 aromatic carbocycles. The molecule has 0 aliphatic carbocycles. The lowest BCUT2D eigenvalue weighted by Gasteiger charge is -2.25. The molecule has 198 valence electrons. The first kappa shape index (κ1) is 27.5. The first-order valence-electron chi connectivity index (χ1n) is 10.2. The molecule has 0 spiro atoms. The molecule has 1 aromatic heterocycles. The van der Waals surface area contributed by atoms with Gasteiger partial charge in [-0.05, 0) is 30.4 Å². The van der Waals surface area contributed by atoms with Crippen molar-refractivity contribution in [2.45, 2.75) is 37.6 Å². The molecule has 17 heteroatoms. The van der Waals surface area contributed by atoms with Gasteiger partial charge in [-0.1, -0.05) is 0 Å². The molecule has 3 N–H and O–H groups in total. The summed E-state index contributed by atoms with van der Waals surface area (Å²) < 4.78 is 56.1. The third-order valence-electron chi connectivity index (χ3n) is 5.03. The summed E-state index contributed by atoms with van der Waals surface area (Å²) in [6.07, 6.45) is -8.39. The van der Waals surface area contributed by atoms with E-state index in [1.54, 1.807) is 5.32 Å². The van der Waals surface area contributed by atoms with Gasteiger partial charge >= 0.3 is 24.0 Å². The Hall–Kier alpha value is -4.12. The van der Waals surface area contributed by atoms with Crippen LogP contribution in [0.3, 0.4) is 0 Å². The number of benzene rings is 1. The van der Waals surface area contributed by atoms with Crippen LogP contribution >= 0.6 is 12.2 Å². The average molecular weight is 545 g/mol. The van der Waals surface area contributed by atoms with Gasteiger partial charge in [0.2, 0.25) is 4.77 Å². The summed E-state index contributed by atoms with van der Waals surface area (Å²) in [5.41, 5.74) is 5.19. The number of anilines is 1. The Morgan fingerprint density at radius 2 is 1.92 bits per heavy atom. The summed E-state index contributed by atoms with van der Waals surface area (Å²) in [4.78, 5) is 49.9. The molecule has 1 aliphatic rings. The van der Waals surface area contributed by atoms with Crippen molar-refractivity contribution in [1.29, 1.82) is 0 Å². The highest BCUT2D eigenvalue weighted by atomic mass is 32.1. The van der Waals surface area contributed by atoms with E-state index in [1.807, 2.05) is 0 Å². The maximum Gasteiger partial charge on any atom is 0.471 e. The van der Waals surface area contributed by atoms with Crippen LogP contribution in [-0.4, -0.2) is 63.4 Å². The highest BCUT2D eigenvalue weighted by Gasteiger charge is 2.52. The van der Waals surface area contributed by atoms with Crippen molar-refractivity contribution in [2.24, 2.45) is 0 Å². The fraction of sp³-hybridized carbons (Fsp3) is 0.350. The molecule has 1 amide bonds. The Bertz CT molecular complexity index is 1270. The minimum Gasteiger partial charge on any atom is -0.459 e. The summed E-state index contributed by atoms with van der Waals surface area (Å²) in [5, 5.41) is 12.5. The van der Waals surface area contributed by atoms with Crippen LogP contribution in [0.4, 0.5) is 24.7 Å². The van der Waals surface area contributed by atoms with E-state index in [9.17, 15) is 37.7 Å². The number of halogens is 3. The number of carbonyl (C=O) groups is 3. The molecule has 4 atom stereocenters. The van der Waals surface area contributed by atoms with Gasteiger partial charge in [0.1, 0.15) is 24.6 Å². The summed E-state index contributed by atoms with van der Waals surface area (Å²) >= 11 is 5.12. The van der Waals surface area contributed by atoms with Crippen LogP contribution < -0.4 is 11.1 Å². The normalized spacial score (nSPS) is 21.2. The number of rotatable bonds is 7. The molecule has 2 aromatic rings. The number of non-ortho nitro benzene ring substituents is 1. The van der Waals surface area contributed by atoms with Crippen molar-refractivity contribution >= 4 is 41.6 Å². The zero-order valence-electron chi connectivity index (χ0n) is 18.7. The Labute approximate surface area is 210 Å². The molecular formula is C20H18F3N5O8S. The lowest BCUT2D eigenvalue weighted by atomic mass is 10.1. The Balaban J connectivity index is 1.90. The lowest BCUT2D eigenvalue weighted by Crippen LogP contribution is -2.53. The SMILES string of the molecule is CC(=O)O[C@@H]1[C@H](NC(=O)C(F)(F)F)[C@@H](COC(=O)c2ccc([N+](=O)[O-])cc2)O[C@H]1n1ccc(N)nc1=S. The Morgan fingerprint density at radius 3 is 2.46 bits per heavy atom. The van der Waals surface area contributed by atoms with E-state index in [0.29, 0.717) is 0 Å². The number of nitrogens with zero attached hydrogens (tertiary/aromatic N) is 3. The van der Waals surface area contributed by atoms with Crippen LogP contribution in [-0.2, 0) is 23.8 Å². The molecular weight excluding hydrogens is 527 g/mol. The van der Waals surface area contributed by atoms with E-state index in [1.165, 1.54) is 12.3 Å². The lowest BCUT2D eigenvalue weighted by molar-refractivity contribution is -0.384. The third kappa shape index (κ3) is 6.56. The molecule has 0 unspecified atom stereocenters. The first-order valence-corrected chi connectivity index (χ1v) is 10.7. The minimum absolute atomic E-state index is 0.0267. The van der Waals surface area contributed by atoms with Gasteiger partial charge in [-0.3, -0.25) is 24.3 Å². The number of hydrogen-bond donors (Lipinski definition) is 2. The van der Waals surface area contributed by atoms with E-state index in [2.05, 4.69) is 4.98 Å². The molecule has 37 heavy (non-hydrogen) atoms. The fourth-order valence-corrected chi connectivity index (χ4v) is 3.68. The fourth-order valence-electron chi connectivity index (χ4n) is 3.41. The van der Waals surface area contributed by atoms with Gasteiger partial charge in [0.25, 0.3) is 5.69 Å². The monoisotopic (exact) mass is 545 g/mol. The molecule has 1 fully saturated rings. The molecule has 13 nitrogen and oxygen atoms in total. The highest BCUT2D eigenvalue weighted by molar-refractivity contribution is 7.71. The van der Waals surface area contributed by atoms with E-state index in [0.717, 1.165) is 35.8 Å². The number of esters is 2. The zero-order chi connectivity index (χ0) is 27.5. The zero-order valence-corrected chi connectivity index (χ0v) is 19.5. The van der Waals surface area contributed by atoms with Crippen molar-refractivity contribution in [3.63, 3.8) is 0 Å². The number of carbonyl (C=O) groups excluding carboxylic acids is 3. The van der Waals surface area contributed by atoms with Crippen molar-refractivity contribution in [2.75, 3.05) is 12.3 Å². The number of aromatic nitrogens is 2. The number of nitrogens with one attached hydrogen (secondary N) is 1. The molecule has 0 radical (unpaired) electrons. The molecule has 1 aliphatic heterocycles. The van der Waals surface area contributed by atoms with E-state index < -0.39 is 60.0 Å². The quantitative estimate of drug-likeness (QED) is 0.224. The third-order valence-corrected chi connectivity index (χ3v) is 5.33. The van der Waals surface area contributed by atoms with Crippen molar-refractivity contribution in [3.8, 4) is 0 Å². The van der Waals surface area contributed by atoms with Crippen molar-refractivity contribution in [1.82, 2.24) is 14.9 Å². The van der Waals surface area contributed by atoms with Crippen LogP contribution in [0.25, 0.3) is 0 Å². The molecule has 0 saturated carbocycles. The predicted molar refractivity (Wildman–Crippen MR) is 118 cm³/mol. The average Bonchev–Trinajstić information content (AvgIpc) is 3.13. The van der Waals surface area contributed by atoms with E-state index >= 15 is 0 Å². The molecule has 2 heterocycles. The summed E-state index contributed by atoms with van der Waals surface area (Å²) in [5.74, 6) is -4.23. The van der Waals surface area contributed by atoms with Gasteiger partial charge in [0, 0.05) is 25.3 Å². The van der Waals surface area contributed by atoms with Gasteiger partial charge in [0.15, 0.2) is 12.3 Å². The number of nitro benzene ring substituents is 1. The van der Waals surface area contributed by atoms with Gasteiger partial charge in [-0.2, -0.15) is 13.2 Å². The number of nitrogens with two attached hydrogens (primary N) is 1. The minimum atomic E-state index is -5.29. The van der Waals surface area contributed by atoms with Gasteiger partial charge in [-0.25, -0.2) is 9.78 Å². The van der Waals surface area contributed by atoms with E-state index in [4.69, 9.17) is 32.2 Å². The summed E-state index contributed by atoms with van der Waals surface area (Å²) in [6, 6.07) is 3.99. The van der Waals surface area contributed by atoms with Crippen molar-refractivity contribution in [3.05, 3.63) is 57.0 Å². The number of nitro groups is 1. The maximum absolute atomic E-state index is 13.0. The Kier molecular flexibility index (Phi) is 8.07. The van der Waals surface area contributed by atoms with Crippen LogP contribution in [0.2, 0.25) is 0 Å². The van der Waals surface area contributed by atoms with Crippen LogP contribution in [0.5, 0.6) is 0 Å². The van der Waals surface area contributed by atoms with Gasteiger partial charge in [0.05, 0.1) is 10.5 Å². The number of alkyl halides is 3. The second-order valence-corrected chi connectivity index (χ2v) is 7.95. The second kappa shape index (κ2) is 10.9. The van der Waals surface area contributed by atoms with Gasteiger partial charge < -0.3 is 25.3 Å². The number of amides is 1. The van der Waals surface area contributed by atoms with Crippen LogP contribution in [0.15, 0.2) is 36.5 Å². The molecule has 1 saturated heterocycles. The number of nitrogen functional groups attached to an aromatic ring is 1. The van der Waals surface area contributed by atoms with Crippen LogP contribution in [0, 0.1) is 14.9 Å². The molecule has 3 rings (SSSR count). The summed E-state index contributed by atoms with van der Waals surface area (Å²) in [6.45, 7) is 0.283. The topological polar surface area (TPSA) is 178 Å². The Morgan fingerprint density at radius 1 is 1.27 bits per heavy atom. The standard InChI is InChI=1S/C20H18F3N5O8S/c1-9(29)35-15-14(26-18(31)20(21,22)23)12(36-16(15)27-7-6-13(24)25-19(27)37)8-34-17(30)10-2-4-11(5-3-10)28(32)33/h2-7,12,14-16H,8H2,1H3,(H,26,31)(H2,24,25,37)/t12-,14-,15-,16-/m1/s1. The second-order valence-electron chi connectivity index (χ2n) is 7.58. The summed E-state index contributed by atoms with van der Waals surface area (Å²) in [7, 11) is 0. The highest BCUT2D eigenvalue weighted by Crippen LogP contribution is 2.33. The largest absolute Gasteiger partial charge is 0.471 e. The van der Waals surface area contributed by atoms with Gasteiger partial charge in [-0.15, -0.1) is 0 Å². The predicted octanol–water partition coefficient (Wildman–Crippen LogP) is 1.84. The first-order chi connectivity index (χ1) is 17.3.